The first-order valence-electron chi connectivity index (χ1n) is 18.6. The average molecular weight is 749 g/mol. The molecule has 4 aromatic rings. The van der Waals surface area contributed by atoms with E-state index in [1.54, 1.807) is 6.07 Å². The molecular weight excluding hydrogens is 702 g/mol. The number of carbonyl (C=O) groups is 2. The maximum Gasteiger partial charge on any atom is 0.410 e. The van der Waals surface area contributed by atoms with Gasteiger partial charge >= 0.3 is 18.1 Å². The standard InChI is InChI=1S/C39H46F2N6O7/c1-39(2,3)54-38(51)47-24-10-11-25(47)21-46(20-24)36-29-19-42-34(28-18-27(48)17-23-7-4-9-30(40)32(23)28)33(41)35(29)43-37(44-36)53-22-26-8-5-13-45(26)14-6-15-52-16-12-31(49)50/h4,7,9,17-19,24-26,48H,5-6,8,10-16,20-22H2,1-3H3,(H,49,50)/t24?,25?,26-/m0/s1. The number of phenolic OH excluding ortho intramolecular Hbond substituents is 1. The first-order chi connectivity index (χ1) is 25.9. The van der Waals surface area contributed by atoms with Crippen LogP contribution in [0.25, 0.3) is 32.9 Å². The van der Waals surface area contributed by atoms with Crippen LogP contribution in [-0.2, 0) is 14.3 Å². The summed E-state index contributed by atoms with van der Waals surface area (Å²) in [6.07, 6.45) is 5.23. The fourth-order valence-electron chi connectivity index (χ4n) is 7.94. The number of aromatic hydroxyl groups is 1. The van der Waals surface area contributed by atoms with E-state index in [2.05, 4.69) is 14.9 Å². The number of carboxylic acids is 1. The van der Waals surface area contributed by atoms with Gasteiger partial charge in [0.1, 0.15) is 40.8 Å². The lowest BCUT2D eigenvalue weighted by Crippen LogP contribution is -2.57. The molecule has 2 aromatic carbocycles. The third-order valence-electron chi connectivity index (χ3n) is 10.3. The topological polar surface area (TPSA) is 151 Å². The number of ether oxygens (including phenoxy) is 3. The maximum absolute atomic E-state index is 16.9. The molecule has 5 heterocycles. The number of carboxylic acid groups (broad SMARTS) is 1. The number of hydrogen-bond donors (Lipinski definition) is 2. The number of piperazine rings is 1. The van der Waals surface area contributed by atoms with Crippen molar-refractivity contribution in [1.29, 1.82) is 0 Å². The van der Waals surface area contributed by atoms with Crippen molar-refractivity contribution in [2.24, 2.45) is 0 Å². The minimum Gasteiger partial charge on any atom is -0.508 e. The Labute approximate surface area is 311 Å². The van der Waals surface area contributed by atoms with Crippen LogP contribution in [0.3, 0.4) is 0 Å². The lowest BCUT2D eigenvalue weighted by atomic mass is 9.99. The zero-order valence-corrected chi connectivity index (χ0v) is 30.8. The lowest BCUT2D eigenvalue weighted by molar-refractivity contribution is -0.138. The Morgan fingerprint density at radius 3 is 2.56 bits per heavy atom. The summed E-state index contributed by atoms with van der Waals surface area (Å²) in [6, 6.07) is 6.88. The van der Waals surface area contributed by atoms with Crippen molar-refractivity contribution in [1.82, 2.24) is 24.8 Å². The minimum atomic E-state index is -0.893. The summed E-state index contributed by atoms with van der Waals surface area (Å²) >= 11 is 0. The number of halogens is 2. The van der Waals surface area contributed by atoms with Crippen molar-refractivity contribution in [3.05, 3.63) is 48.2 Å². The van der Waals surface area contributed by atoms with Crippen LogP contribution in [0.2, 0.25) is 0 Å². The molecule has 1 amide bonds. The van der Waals surface area contributed by atoms with Crippen LogP contribution in [0, 0.1) is 11.6 Å². The van der Waals surface area contributed by atoms with Gasteiger partial charge in [-0.2, -0.15) is 9.97 Å². The molecule has 288 valence electrons. The third-order valence-corrected chi connectivity index (χ3v) is 10.3. The molecule has 13 nitrogen and oxygen atoms in total. The highest BCUT2D eigenvalue weighted by Gasteiger charge is 2.45. The molecule has 2 aromatic heterocycles. The van der Waals surface area contributed by atoms with Gasteiger partial charge in [0.25, 0.3) is 0 Å². The summed E-state index contributed by atoms with van der Waals surface area (Å²) in [5, 5.41) is 20.2. The number of likely N-dealkylation sites (tertiary alicyclic amines) is 1. The number of fused-ring (bicyclic) bond motifs is 4. The van der Waals surface area contributed by atoms with Crippen molar-refractivity contribution in [2.45, 2.75) is 83.0 Å². The number of carbonyl (C=O) groups excluding carboxylic acids is 1. The predicted octanol–water partition coefficient (Wildman–Crippen LogP) is 6.14. The molecule has 2 bridgehead atoms. The van der Waals surface area contributed by atoms with Gasteiger partial charge in [-0.05, 0) is 83.0 Å². The first kappa shape index (κ1) is 37.4. The summed E-state index contributed by atoms with van der Waals surface area (Å²) < 4.78 is 49.6. The van der Waals surface area contributed by atoms with Crippen LogP contribution in [-0.4, -0.2) is 117 Å². The summed E-state index contributed by atoms with van der Waals surface area (Å²) in [7, 11) is 0. The molecule has 3 saturated heterocycles. The number of nitrogens with zero attached hydrogens (tertiary/aromatic N) is 6. The average Bonchev–Trinajstić information content (AvgIpc) is 3.67. The van der Waals surface area contributed by atoms with Gasteiger partial charge in [-0.15, -0.1) is 0 Å². The Balaban J connectivity index is 1.20. The Morgan fingerprint density at radius 2 is 1.81 bits per heavy atom. The molecule has 0 radical (unpaired) electrons. The molecule has 3 aliphatic heterocycles. The van der Waals surface area contributed by atoms with Gasteiger partial charge in [-0.3, -0.25) is 19.6 Å². The quantitative estimate of drug-likeness (QED) is 0.160. The highest BCUT2D eigenvalue weighted by molar-refractivity contribution is 6.00. The molecule has 7 rings (SSSR count). The molecule has 15 heteroatoms. The first-order valence-corrected chi connectivity index (χ1v) is 18.6. The van der Waals surface area contributed by atoms with E-state index in [1.165, 1.54) is 30.5 Å². The number of phenols is 1. The lowest BCUT2D eigenvalue weighted by Gasteiger charge is -2.42. The molecule has 0 spiro atoms. The fraction of sp³-hybridized carbons (Fsp3) is 0.513. The van der Waals surface area contributed by atoms with Gasteiger partial charge in [0.15, 0.2) is 5.82 Å². The molecule has 54 heavy (non-hydrogen) atoms. The van der Waals surface area contributed by atoms with Gasteiger partial charge in [-0.25, -0.2) is 13.6 Å². The number of pyridine rings is 1. The minimum absolute atomic E-state index is 0.0220. The molecule has 0 saturated carbocycles. The van der Waals surface area contributed by atoms with E-state index in [0.717, 1.165) is 45.2 Å². The van der Waals surface area contributed by atoms with Gasteiger partial charge in [0.05, 0.1) is 30.5 Å². The summed E-state index contributed by atoms with van der Waals surface area (Å²) in [6.45, 7) is 8.87. The van der Waals surface area contributed by atoms with Gasteiger partial charge < -0.3 is 29.3 Å². The summed E-state index contributed by atoms with van der Waals surface area (Å²) in [5.74, 6) is -2.03. The maximum atomic E-state index is 16.9. The Kier molecular flexibility index (Phi) is 10.7. The molecule has 3 fully saturated rings. The van der Waals surface area contributed by atoms with Gasteiger partial charge in [0.2, 0.25) is 0 Å². The summed E-state index contributed by atoms with van der Waals surface area (Å²) in [5.41, 5.74) is -0.788. The van der Waals surface area contributed by atoms with E-state index >= 15 is 8.78 Å². The number of benzene rings is 2. The molecule has 2 N–H and O–H groups in total. The molecule has 2 unspecified atom stereocenters. The highest BCUT2D eigenvalue weighted by atomic mass is 19.1. The highest BCUT2D eigenvalue weighted by Crippen LogP contribution is 2.40. The van der Waals surface area contributed by atoms with Crippen molar-refractivity contribution in [3.63, 3.8) is 0 Å². The second kappa shape index (κ2) is 15.5. The number of aromatic nitrogens is 3. The van der Waals surface area contributed by atoms with E-state index in [4.69, 9.17) is 24.3 Å². The van der Waals surface area contributed by atoms with E-state index in [1.807, 2.05) is 30.6 Å². The molecule has 3 aliphatic rings. The van der Waals surface area contributed by atoms with Crippen LogP contribution in [0.4, 0.5) is 19.4 Å². The number of amides is 1. The second-order valence-electron chi connectivity index (χ2n) is 15.3. The van der Waals surface area contributed by atoms with E-state index in [-0.39, 0.29) is 77.8 Å². The van der Waals surface area contributed by atoms with Crippen LogP contribution in [0.5, 0.6) is 11.8 Å². The van der Waals surface area contributed by atoms with Crippen molar-refractivity contribution in [2.75, 3.05) is 50.9 Å². The van der Waals surface area contributed by atoms with Crippen LogP contribution < -0.4 is 9.64 Å². The van der Waals surface area contributed by atoms with Gasteiger partial charge in [0, 0.05) is 49.4 Å². The van der Waals surface area contributed by atoms with E-state index in [0.29, 0.717) is 36.3 Å². The van der Waals surface area contributed by atoms with Crippen molar-refractivity contribution < 1.29 is 42.8 Å². The van der Waals surface area contributed by atoms with Crippen molar-refractivity contribution >= 4 is 39.6 Å². The third kappa shape index (κ3) is 7.97. The Hall–Kier alpha value is -4.89. The molecule has 0 aliphatic carbocycles. The van der Waals surface area contributed by atoms with Crippen LogP contribution in [0.1, 0.15) is 59.3 Å². The van der Waals surface area contributed by atoms with Crippen molar-refractivity contribution in [3.8, 4) is 23.0 Å². The molecule has 3 atom stereocenters. The monoisotopic (exact) mass is 748 g/mol. The number of rotatable bonds is 12. The number of anilines is 1. The van der Waals surface area contributed by atoms with E-state index in [9.17, 15) is 14.7 Å². The number of aliphatic carboxylic acids is 1. The SMILES string of the molecule is CC(C)(C)OC(=O)N1C2CCC1CN(c1nc(OC[C@@H]3CCCN3CCCOCCC(=O)O)nc3c(F)c(-c4cc(O)cc5cccc(F)c45)ncc13)C2. The Morgan fingerprint density at radius 1 is 1.04 bits per heavy atom. The largest absolute Gasteiger partial charge is 0.508 e. The fourth-order valence-corrected chi connectivity index (χ4v) is 7.94. The second-order valence-corrected chi connectivity index (χ2v) is 15.3. The predicted molar refractivity (Wildman–Crippen MR) is 197 cm³/mol. The number of hydrogen-bond acceptors (Lipinski definition) is 11. The smallest absolute Gasteiger partial charge is 0.410 e. The van der Waals surface area contributed by atoms with E-state index < -0.39 is 23.2 Å². The van der Waals surface area contributed by atoms with Crippen LogP contribution in [0.15, 0.2) is 36.5 Å². The zero-order valence-electron chi connectivity index (χ0n) is 30.8. The molecular formula is C39H46F2N6O7. The van der Waals surface area contributed by atoms with Crippen LogP contribution >= 0.6 is 0 Å². The summed E-state index contributed by atoms with van der Waals surface area (Å²) in [4.78, 5) is 44.0. The van der Waals surface area contributed by atoms with Gasteiger partial charge in [-0.1, -0.05) is 12.1 Å². The Bertz CT molecular complexity index is 2030. The zero-order chi connectivity index (χ0) is 38.1. The normalized spacial score (nSPS) is 20.3.